The Hall–Kier alpha value is -2.18. The van der Waals surface area contributed by atoms with Gasteiger partial charge in [0.05, 0.1) is 11.6 Å². The summed E-state index contributed by atoms with van der Waals surface area (Å²) in [6.07, 6.45) is 0. The fourth-order valence-corrected chi connectivity index (χ4v) is 2.27. The molecule has 3 heteroatoms. The predicted octanol–water partition coefficient (Wildman–Crippen LogP) is 3.86. The number of nitrogens with zero attached hydrogens (tertiary/aromatic N) is 1. The van der Waals surface area contributed by atoms with Gasteiger partial charge in [-0.15, -0.1) is 0 Å². The van der Waals surface area contributed by atoms with Gasteiger partial charge in [-0.1, -0.05) is 24.3 Å². The van der Waals surface area contributed by atoms with Crippen molar-refractivity contribution >= 4 is 0 Å². The lowest BCUT2D eigenvalue weighted by molar-refractivity contribution is 0.567. The summed E-state index contributed by atoms with van der Waals surface area (Å²) in [5, 5.41) is 12.2. The molecule has 1 atom stereocenters. The van der Waals surface area contributed by atoms with Crippen LogP contribution in [0, 0.1) is 24.1 Å². The highest BCUT2D eigenvalue weighted by atomic mass is 19.1. The number of halogens is 1. The summed E-state index contributed by atoms with van der Waals surface area (Å²) in [6.45, 7) is 4.68. The molecule has 20 heavy (non-hydrogen) atoms. The van der Waals surface area contributed by atoms with E-state index in [2.05, 4.69) is 31.3 Å². The van der Waals surface area contributed by atoms with Crippen LogP contribution in [-0.2, 0) is 6.54 Å². The second kappa shape index (κ2) is 6.31. The predicted molar refractivity (Wildman–Crippen MR) is 77.5 cm³/mol. The number of aryl methyl sites for hydroxylation is 1. The van der Waals surface area contributed by atoms with E-state index < -0.39 is 0 Å². The number of nitriles is 1. The Morgan fingerprint density at radius 3 is 2.70 bits per heavy atom. The molecular weight excluding hydrogens is 251 g/mol. The van der Waals surface area contributed by atoms with E-state index >= 15 is 0 Å². The molecule has 2 rings (SSSR count). The number of hydrogen-bond donors (Lipinski definition) is 1. The summed E-state index contributed by atoms with van der Waals surface area (Å²) in [4.78, 5) is 0. The minimum atomic E-state index is -0.371. The van der Waals surface area contributed by atoms with E-state index in [1.165, 1.54) is 23.3 Å². The lowest BCUT2D eigenvalue weighted by Gasteiger charge is -2.16. The first-order valence-corrected chi connectivity index (χ1v) is 6.58. The topological polar surface area (TPSA) is 35.8 Å². The molecule has 0 saturated heterocycles. The van der Waals surface area contributed by atoms with Gasteiger partial charge in [-0.2, -0.15) is 5.26 Å². The summed E-state index contributed by atoms with van der Waals surface area (Å²) >= 11 is 0. The van der Waals surface area contributed by atoms with E-state index in [1.54, 1.807) is 6.07 Å². The molecule has 0 bridgehead atoms. The molecule has 1 unspecified atom stereocenters. The molecule has 0 heterocycles. The zero-order valence-electron chi connectivity index (χ0n) is 11.7. The summed E-state index contributed by atoms with van der Waals surface area (Å²) in [6, 6.07) is 14.7. The molecule has 0 fully saturated rings. The van der Waals surface area contributed by atoms with Crippen LogP contribution < -0.4 is 5.32 Å². The lowest BCUT2D eigenvalue weighted by Crippen LogP contribution is -2.19. The fraction of sp³-hybridized carbons (Fsp3) is 0.235. The largest absolute Gasteiger partial charge is 0.306 e. The Labute approximate surface area is 118 Å². The minimum Gasteiger partial charge on any atom is -0.306 e. The highest BCUT2D eigenvalue weighted by Gasteiger charge is 2.08. The number of hydrogen-bond acceptors (Lipinski definition) is 2. The molecule has 2 nitrogen and oxygen atoms in total. The van der Waals surface area contributed by atoms with Crippen molar-refractivity contribution < 1.29 is 4.39 Å². The zero-order chi connectivity index (χ0) is 14.5. The third kappa shape index (κ3) is 3.43. The van der Waals surface area contributed by atoms with Crippen LogP contribution in [0.2, 0.25) is 0 Å². The first-order chi connectivity index (χ1) is 9.60. The standard InChI is InChI=1S/C17H17FN2/c1-12-5-3-4-6-17(12)13(2)20-11-15-7-14(10-19)8-16(18)9-15/h3-9,13,20H,11H2,1-2H3. The quantitative estimate of drug-likeness (QED) is 0.914. The van der Waals surface area contributed by atoms with E-state index in [9.17, 15) is 4.39 Å². The van der Waals surface area contributed by atoms with Gasteiger partial charge in [-0.3, -0.25) is 0 Å². The Balaban J connectivity index is 2.08. The molecule has 102 valence electrons. The first-order valence-electron chi connectivity index (χ1n) is 6.58. The lowest BCUT2D eigenvalue weighted by atomic mass is 10.0. The molecule has 0 aliphatic heterocycles. The molecule has 0 saturated carbocycles. The van der Waals surface area contributed by atoms with Crippen LogP contribution in [0.25, 0.3) is 0 Å². The summed E-state index contributed by atoms with van der Waals surface area (Å²) in [5.74, 6) is -0.371. The second-order valence-corrected chi connectivity index (χ2v) is 4.92. The van der Waals surface area contributed by atoms with E-state index in [4.69, 9.17) is 5.26 Å². The molecule has 0 spiro atoms. The fourth-order valence-electron chi connectivity index (χ4n) is 2.27. The van der Waals surface area contributed by atoms with Crippen LogP contribution in [0.3, 0.4) is 0 Å². The Morgan fingerprint density at radius 1 is 1.25 bits per heavy atom. The van der Waals surface area contributed by atoms with Gasteiger partial charge >= 0.3 is 0 Å². The van der Waals surface area contributed by atoms with Crippen molar-refractivity contribution in [1.82, 2.24) is 5.32 Å². The molecule has 0 aromatic heterocycles. The Bertz CT molecular complexity index is 644. The molecule has 0 aliphatic carbocycles. The maximum absolute atomic E-state index is 13.3. The van der Waals surface area contributed by atoms with Gasteiger partial charge < -0.3 is 5.32 Å². The molecular formula is C17H17FN2. The Kier molecular flexibility index (Phi) is 4.49. The van der Waals surface area contributed by atoms with Crippen LogP contribution in [-0.4, -0.2) is 0 Å². The van der Waals surface area contributed by atoms with Gasteiger partial charge in [-0.25, -0.2) is 4.39 Å². The van der Waals surface area contributed by atoms with Crippen LogP contribution >= 0.6 is 0 Å². The monoisotopic (exact) mass is 268 g/mol. The molecule has 1 N–H and O–H groups in total. The van der Waals surface area contributed by atoms with E-state index in [1.807, 2.05) is 18.2 Å². The molecule has 0 radical (unpaired) electrons. The maximum Gasteiger partial charge on any atom is 0.124 e. The van der Waals surface area contributed by atoms with Crippen LogP contribution in [0.4, 0.5) is 4.39 Å². The van der Waals surface area contributed by atoms with E-state index in [0.29, 0.717) is 12.1 Å². The van der Waals surface area contributed by atoms with Crippen molar-refractivity contribution in [2.24, 2.45) is 0 Å². The van der Waals surface area contributed by atoms with Crippen molar-refractivity contribution in [3.8, 4) is 6.07 Å². The second-order valence-electron chi connectivity index (χ2n) is 4.92. The summed E-state index contributed by atoms with van der Waals surface area (Å²) in [7, 11) is 0. The summed E-state index contributed by atoms with van der Waals surface area (Å²) < 4.78 is 13.3. The third-order valence-corrected chi connectivity index (χ3v) is 3.35. The van der Waals surface area contributed by atoms with Gasteiger partial charge in [0.2, 0.25) is 0 Å². The number of benzene rings is 2. The van der Waals surface area contributed by atoms with Crippen LogP contribution in [0.1, 0.15) is 35.2 Å². The van der Waals surface area contributed by atoms with Crippen molar-refractivity contribution in [3.05, 3.63) is 70.5 Å². The first kappa shape index (κ1) is 14.2. The number of rotatable bonds is 4. The smallest absolute Gasteiger partial charge is 0.124 e. The summed E-state index contributed by atoms with van der Waals surface area (Å²) in [5.41, 5.74) is 3.58. The SMILES string of the molecule is Cc1ccccc1C(C)NCc1cc(F)cc(C#N)c1. The number of nitrogens with one attached hydrogen (secondary N) is 1. The van der Waals surface area contributed by atoms with Gasteiger partial charge in [0.1, 0.15) is 5.82 Å². The van der Waals surface area contributed by atoms with Crippen molar-refractivity contribution in [1.29, 1.82) is 5.26 Å². The van der Waals surface area contributed by atoms with Crippen LogP contribution in [0.5, 0.6) is 0 Å². The average Bonchev–Trinajstić information content (AvgIpc) is 2.44. The van der Waals surface area contributed by atoms with Crippen molar-refractivity contribution in [3.63, 3.8) is 0 Å². The normalized spacial score (nSPS) is 11.9. The Morgan fingerprint density at radius 2 is 2.00 bits per heavy atom. The molecule has 0 amide bonds. The molecule has 2 aromatic rings. The van der Waals surface area contributed by atoms with E-state index in [0.717, 1.165) is 5.56 Å². The average molecular weight is 268 g/mol. The van der Waals surface area contributed by atoms with Crippen LogP contribution in [0.15, 0.2) is 42.5 Å². The molecule has 2 aromatic carbocycles. The zero-order valence-corrected chi connectivity index (χ0v) is 11.7. The van der Waals surface area contributed by atoms with Gasteiger partial charge in [0.25, 0.3) is 0 Å². The van der Waals surface area contributed by atoms with E-state index in [-0.39, 0.29) is 11.9 Å². The maximum atomic E-state index is 13.3. The third-order valence-electron chi connectivity index (χ3n) is 3.35. The van der Waals surface area contributed by atoms with Gasteiger partial charge in [-0.05, 0) is 48.7 Å². The highest BCUT2D eigenvalue weighted by Crippen LogP contribution is 2.17. The molecule has 0 aliphatic rings. The van der Waals surface area contributed by atoms with Crippen molar-refractivity contribution in [2.75, 3.05) is 0 Å². The van der Waals surface area contributed by atoms with Crippen molar-refractivity contribution in [2.45, 2.75) is 26.4 Å². The highest BCUT2D eigenvalue weighted by molar-refractivity contribution is 5.34. The minimum absolute atomic E-state index is 0.171. The van der Waals surface area contributed by atoms with Gasteiger partial charge in [0, 0.05) is 12.6 Å². The van der Waals surface area contributed by atoms with Gasteiger partial charge in [0.15, 0.2) is 0 Å².